The number of nitrogens with zero attached hydrogens (tertiary/aromatic N) is 2. The zero-order valence-corrected chi connectivity index (χ0v) is 13.3. The van der Waals surface area contributed by atoms with Gasteiger partial charge in [0.15, 0.2) is 4.34 Å². The first kappa shape index (κ1) is 15.4. The van der Waals surface area contributed by atoms with Crippen molar-refractivity contribution < 1.29 is 5.11 Å². The quantitative estimate of drug-likeness (QED) is 0.769. The second kappa shape index (κ2) is 7.17. The highest BCUT2D eigenvalue weighted by molar-refractivity contribution is 8.01. The summed E-state index contributed by atoms with van der Waals surface area (Å²) in [7, 11) is 1.89. The maximum atomic E-state index is 9.83. The molecule has 108 valence electrons. The van der Waals surface area contributed by atoms with Crippen LogP contribution in [0.25, 0.3) is 0 Å². The van der Waals surface area contributed by atoms with E-state index < -0.39 is 5.54 Å². The Hall–Kier alpha value is -0.950. The van der Waals surface area contributed by atoms with E-state index in [1.54, 1.807) is 23.1 Å². The van der Waals surface area contributed by atoms with Crippen LogP contribution in [0.2, 0.25) is 0 Å². The number of thioether (sulfide) groups is 1. The number of aryl methyl sites for hydroxylation is 1. The fourth-order valence-corrected chi connectivity index (χ4v) is 4.06. The Kier molecular flexibility index (Phi) is 5.54. The van der Waals surface area contributed by atoms with Crippen LogP contribution in [0.5, 0.6) is 0 Å². The topological polar surface area (TPSA) is 58.0 Å². The Morgan fingerprint density at radius 2 is 2.05 bits per heavy atom. The van der Waals surface area contributed by atoms with E-state index in [-0.39, 0.29) is 6.61 Å². The number of aliphatic hydroxyl groups is 1. The Morgan fingerprint density at radius 3 is 2.60 bits per heavy atom. The first-order chi connectivity index (χ1) is 9.70. The molecule has 20 heavy (non-hydrogen) atoms. The maximum absolute atomic E-state index is 9.83. The van der Waals surface area contributed by atoms with E-state index in [9.17, 15) is 5.11 Å². The minimum absolute atomic E-state index is 0.0726. The summed E-state index contributed by atoms with van der Waals surface area (Å²) in [6, 6.07) is 10.1. The minimum Gasteiger partial charge on any atom is -0.394 e. The summed E-state index contributed by atoms with van der Waals surface area (Å²) >= 11 is 3.29. The number of hydrogen-bond acceptors (Lipinski definition) is 6. The van der Waals surface area contributed by atoms with Crippen LogP contribution in [-0.4, -0.2) is 34.7 Å². The van der Waals surface area contributed by atoms with Gasteiger partial charge in [-0.15, -0.1) is 10.2 Å². The van der Waals surface area contributed by atoms with Gasteiger partial charge in [-0.1, -0.05) is 53.4 Å². The van der Waals surface area contributed by atoms with Crippen molar-refractivity contribution in [3.8, 4) is 0 Å². The van der Waals surface area contributed by atoms with Crippen molar-refractivity contribution in [2.24, 2.45) is 0 Å². The smallest absolute Gasteiger partial charge is 0.174 e. The number of benzene rings is 1. The first-order valence-corrected chi connectivity index (χ1v) is 8.28. The average molecular weight is 309 g/mol. The molecule has 0 aliphatic carbocycles. The Morgan fingerprint density at radius 1 is 1.30 bits per heavy atom. The van der Waals surface area contributed by atoms with Gasteiger partial charge in [0.25, 0.3) is 0 Å². The zero-order valence-electron chi connectivity index (χ0n) is 11.7. The highest BCUT2D eigenvalue weighted by Crippen LogP contribution is 2.29. The van der Waals surface area contributed by atoms with Crippen LogP contribution in [0.15, 0.2) is 34.7 Å². The molecule has 0 bridgehead atoms. The molecule has 0 amide bonds. The van der Waals surface area contributed by atoms with Crippen LogP contribution in [0.4, 0.5) is 0 Å². The van der Waals surface area contributed by atoms with Gasteiger partial charge in [-0.3, -0.25) is 0 Å². The minimum atomic E-state index is -0.395. The fourth-order valence-electron chi connectivity index (χ4n) is 2.07. The van der Waals surface area contributed by atoms with Gasteiger partial charge in [0.2, 0.25) is 0 Å². The molecule has 2 aromatic rings. The second-order valence-corrected chi connectivity index (χ2v) is 7.07. The molecule has 0 fully saturated rings. The van der Waals surface area contributed by atoms with E-state index in [1.807, 2.05) is 44.3 Å². The van der Waals surface area contributed by atoms with Crippen LogP contribution in [0, 0.1) is 6.92 Å². The van der Waals surface area contributed by atoms with Crippen LogP contribution in [-0.2, 0) is 5.54 Å². The van der Waals surface area contributed by atoms with Gasteiger partial charge in [-0.2, -0.15) is 0 Å². The number of nitrogens with one attached hydrogen (secondary N) is 1. The van der Waals surface area contributed by atoms with E-state index in [2.05, 4.69) is 15.5 Å². The fraction of sp³-hybridized carbons (Fsp3) is 0.429. The van der Waals surface area contributed by atoms with Gasteiger partial charge < -0.3 is 10.4 Å². The van der Waals surface area contributed by atoms with Crippen LogP contribution in [0.1, 0.15) is 17.0 Å². The summed E-state index contributed by atoms with van der Waals surface area (Å²) in [4.78, 5) is 0. The molecule has 1 atom stereocenters. The van der Waals surface area contributed by atoms with Gasteiger partial charge in [0.05, 0.1) is 12.1 Å². The lowest BCUT2D eigenvalue weighted by Gasteiger charge is -2.32. The molecule has 1 heterocycles. The highest BCUT2D eigenvalue weighted by atomic mass is 32.2. The Bertz CT molecular complexity index is 526. The SMILES string of the molecule is CNC(CO)(CCSc1nnc(C)s1)c1ccccc1. The van der Waals surface area contributed by atoms with E-state index in [0.717, 1.165) is 27.1 Å². The monoisotopic (exact) mass is 309 g/mol. The Labute approximate surface area is 127 Å². The van der Waals surface area contributed by atoms with E-state index in [1.165, 1.54) is 0 Å². The van der Waals surface area contributed by atoms with E-state index >= 15 is 0 Å². The predicted octanol–water partition coefficient (Wildman–Crippen LogP) is 2.44. The standard InChI is InChI=1S/C14H19N3OS2/c1-11-16-17-13(20-11)19-9-8-14(10-18,15-2)12-6-4-3-5-7-12/h3-7,15,18H,8-10H2,1-2H3. The molecule has 1 aromatic heterocycles. The largest absolute Gasteiger partial charge is 0.394 e. The summed E-state index contributed by atoms with van der Waals surface area (Å²) < 4.78 is 0.985. The Balaban J connectivity index is 2.02. The average Bonchev–Trinajstić information content (AvgIpc) is 2.90. The lowest BCUT2D eigenvalue weighted by Crippen LogP contribution is -2.44. The molecular weight excluding hydrogens is 290 g/mol. The molecule has 0 aliphatic rings. The molecule has 0 saturated heterocycles. The van der Waals surface area contributed by atoms with Crippen molar-refractivity contribution in [3.63, 3.8) is 0 Å². The van der Waals surface area contributed by atoms with Gasteiger partial charge in [0.1, 0.15) is 5.01 Å². The lowest BCUT2D eigenvalue weighted by molar-refractivity contribution is 0.165. The number of rotatable bonds is 7. The molecular formula is C14H19N3OS2. The molecule has 0 spiro atoms. The third-order valence-corrected chi connectivity index (χ3v) is 5.31. The van der Waals surface area contributed by atoms with Crippen molar-refractivity contribution in [1.82, 2.24) is 15.5 Å². The number of aromatic nitrogens is 2. The normalized spacial score (nSPS) is 14.2. The summed E-state index contributed by atoms with van der Waals surface area (Å²) in [5.41, 5.74) is 0.715. The van der Waals surface area contributed by atoms with Crippen molar-refractivity contribution in [2.45, 2.75) is 23.2 Å². The van der Waals surface area contributed by atoms with Gasteiger partial charge in [-0.25, -0.2) is 0 Å². The summed E-state index contributed by atoms with van der Waals surface area (Å²) in [5, 5.41) is 22.2. The van der Waals surface area contributed by atoms with Crippen LogP contribution in [0.3, 0.4) is 0 Å². The van der Waals surface area contributed by atoms with E-state index in [0.29, 0.717) is 0 Å². The molecule has 0 aliphatic heterocycles. The summed E-state index contributed by atoms with van der Waals surface area (Å²) in [5.74, 6) is 0.880. The number of hydrogen-bond donors (Lipinski definition) is 2. The predicted molar refractivity (Wildman–Crippen MR) is 84.3 cm³/mol. The lowest BCUT2D eigenvalue weighted by atomic mass is 9.88. The molecule has 6 heteroatoms. The second-order valence-electron chi connectivity index (χ2n) is 4.54. The van der Waals surface area contributed by atoms with Gasteiger partial charge in [-0.05, 0) is 26.0 Å². The molecule has 2 N–H and O–H groups in total. The van der Waals surface area contributed by atoms with Crippen molar-refractivity contribution >= 4 is 23.1 Å². The third kappa shape index (κ3) is 3.58. The molecule has 0 radical (unpaired) electrons. The molecule has 0 saturated carbocycles. The zero-order chi connectivity index (χ0) is 14.4. The summed E-state index contributed by atoms with van der Waals surface area (Å²) in [6.07, 6.45) is 0.827. The number of aliphatic hydroxyl groups excluding tert-OH is 1. The molecule has 1 unspecified atom stereocenters. The van der Waals surface area contributed by atoms with Gasteiger partial charge in [0, 0.05) is 5.75 Å². The van der Waals surface area contributed by atoms with Crippen LogP contribution < -0.4 is 5.32 Å². The van der Waals surface area contributed by atoms with Crippen LogP contribution >= 0.6 is 23.1 Å². The molecule has 4 nitrogen and oxygen atoms in total. The molecule has 2 rings (SSSR count). The molecule has 1 aromatic carbocycles. The van der Waals surface area contributed by atoms with Gasteiger partial charge >= 0.3 is 0 Å². The first-order valence-electron chi connectivity index (χ1n) is 6.48. The summed E-state index contributed by atoms with van der Waals surface area (Å²) in [6.45, 7) is 2.03. The van der Waals surface area contributed by atoms with Crippen molar-refractivity contribution in [3.05, 3.63) is 40.9 Å². The third-order valence-electron chi connectivity index (χ3n) is 3.34. The number of likely N-dealkylation sites (N-methyl/N-ethyl adjacent to an activating group) is 1. The highest BCUT2D eigenvalue weighted by Gasteiger charge is 2.29. The van der Waals surface area contributed by atoms with Crippen molar-refractivity contribution in [1.29, 1.82) is 0 Å². The van der Waals surface area contributed by atoms with E-state index in [4.69, 9.17) is 0 Å². The maximum Gasteiger partial charge on any atom is 0.174 e. The van der Waals surface area contributed by atoms with Crippen molar-refractivity contribution in [2.75, 3.05) is 19.4 Å².